The Morgan fingerprint density at radius 2 is 2.00 bits per heavy atom. The van der Waals surface area contributed by atoms with E-state index >= 15 is 0 Å². The monoisotopic (exact) mass is 293 g/mol. The maximum atomic E-state index is 5.41. The van der Waals surface area contributed by atoms with Gasteiger partial charge in [0.1, 0.15) is 0 Å². The van der Waals surface area contributed by atoms with Gasteiger partial charge >= 0.3 is 0 Å². The first-order chi connectivity index (χ1) is 10.2. The molecule has 5 nitrogen and oxygen atoms in total. The summed E-state index contributed by atoms with van der Waals surface area (Å²) in [5.74, 6) is 1.45. The summed E-state index contributed by atoms with van der Waals surface area (Å²) >= 11 is 0. The van der Waals surface area contributed by atoms with Crippen molar-refractivity contribution in [1.29, 1.82) is 0 Å². The van der Waals surface area contributed by atoms with Crippen molar-refractivity contribution in [3.05, 3.63) is 18.0 Å². The molecule has 1 unspecified atom stereocenters. The lowest BCUT2D eigenvalue weighted by molar-refractivity contribution is 0.208. The summed E-state index contributed by atoms with van der Waals surface area (Å²) in [5.41, 5.74) is 0.891. The maximum Gasteiger partial charge on any atom is 0.183 e. The quantitative estimate of drug-likeness (QED) is 0.834. The molecule has 0 radical (unpaired) electrons. The van der Waals surface area contributed by atoms with E-state index in [-0.39, 0.29) is 0 Å². The van der Waals surface area contributed by atoms with Crippen LogP contribution in [-0.2, 0) is 6.54 Å². The smallest absolute Gasteiger partial charge is 0.183 e. The molecule has 1 N–H and O–H groups in total. The molecule has 5 heteroatoms. The molecule has 1 aromatic rings. The number of hydrogen-bond donors (Lipinski definition) is 1. The second-order valence-corrected chi connectivity index (χ2v) is 5.64. The Morgan fingerprint density at radius 3 is 2.67 bits per heavy atom. The lowest BCUT2D eigenvalue weighted by Gasteiger charge is -2.29. The third-order valence-electron chi connectivity index (χ3n) is 3.96. The highest BCUT2D eigenvalue weighted by Crippen LogP contribution is 2.28. The van der Waals surface area contributed by atoms with E-state index < -0.39 is 0 Å². The van der Waals surface area contributed by atoms with Gasteiger partial charge in [0.15, 0.2) is 11.5 Å². The minimum atomic E-state index is 0.431. The fourth-order valence-electron chi connectivity index (χ4n) is 2.84. The zero-order valence-corrected chi connectivity index (χ0v) is 13.4. The molecular weight excluding hydrogens is 266 g/mol. The highest BCUT2D eigenvalue weighted by Gasteiger charge is 2.15. The van der Waals surface area contributed by atoms with Crippen molar-refractivity contribution in [3.63, 3.8) is 0 Å². The highest BCUT2D eigenvalue weighted by molar-refractivity contribution is 5.42. The molecule has 0 aromatic carbocycles. The lowest BCUT2D eigenvalue weighted by Crippen LogP contribution is -2.41. The molecule has 1 saturated heterocycles. The molecule has 1 atom stereocenters. The lowest BCUT2D eigenvalue weighted by atomic mass is 10.1. The number of nitrogens with zero attached hydrogens (tertiary/aromatic N) is 2. The standard InChI is InChI=1S/C16H27N3O2/c1-13(12-19-9-5-4-6-10-19)18-11-14-16(21-3)15(20-2)7-8-17-14/h7-8,13,18H,4-6,9-12H2,1-3H3. The summed E-state index contributed by atoms with van der Waals surface area (Å²) in [7, 11) is 3.30. The van der Waals surface area contributed by atoms with Crippen LogP contribution in [0, 0.1) is 0 Å². The van der Waals surface area contributed by atoms with Gasteiger partial charge in [-0.15, -0.1) is 0 Å². The molecule has 1 aliphatic heterocycles. The molecule has 2 rings (SSSR count). The molecule has 2 heterocycles. The van der Waals surface area contributed by atoms with Crippen LogP contribution in [0.3, 0.4) is 0 Å². The predicted octanol–water partition coefficient (Wildman–Crippen LogP) is 2.06. The van der Waals surface area contributed by atoms with Crippen molar-refractivity contribution in [3.8, 4) is 11.5 Å². The second kappa shape index (κ2) is 8.20. The molecular formula is C16H27N3O2. The number of piperidine rings is 1. The van der Waals surface area contributed by atoms with Crippen molar-refractivity contribution in [2.45, 2.75) is 38.8 Å². The van der Waals surface area contributed by atoms with Gasteiger partial charge in [-0.3, -0.25) is 4.98 Å². The Hall–Kier alpha value is -1.33. The van der Waals surface area contributed by atoms with Gasteiger partial charge < -0.3 is 19.7 Å². The van der Waals surface area contributed by atoms with E-state index in [1.807, 2.05) is 6.07 Å². The van der Waals surface area contributed by atoms with Gasteiger partial charge in [0.05, 0.1) is 19.9 Å². The fourth-order valence-corrected chi connectivity index (χ4v) is 2.84. The number of aromatic nitrogens is 1. The minimum Gasteiger partial charge on any atom is -0.493 e. The van der Waals surface area contributed by atoms with Gasteiger partial charge in [-0.25, -0.2) is 0 Å². The molecule has 0 amide bonds. The van der Waals surface area contributed by atoms with Crippen LogP contribution in [0.4, 0.5) is 0 Å². The molecule has 0 saturated carbocycles. The van der Waals surface area contributed by atoms with Crippen LogP contribution in [0.1, 0.15) is 31.9 Å². The number of nitrogens with one attached hydrogen (secondary N) is 1. The Bertz CT molecular complexity index is 434. The summed E-state index contributed by atoms with van der Waals surface area (Å²) in [6, 6.07) is 2.25. The molecule has 118 valence electrons. The fraction of sp³-hybridized carbons (Fsp3) is 0.688. The Labute approximate surface area is 127 Å². The number of hydrogen-bond acceptors (Lipinski definition) is 5. The summed E-state index contributed by atoms with van der Waals surface area (Å²) < 4.78 is 10.7. The van der Waals surface area contributed by atoms with Crippen LogP contribution in [0.25, 0.3) is 0 Å². The summed E-state index contributed by atoms with van der Waals surface area (Å²) in [5, 5.41) is 3.53. The second-order valence-electron chi connectivity index (χ2n) is 5.64. The summed E-state index contributed by atoms with van der Waals surface area (Å²) in [6.07, 6.45) is 5.80. The van der Waals surface area contributed by atoms with Crippen LogP contribution in [0.15, 0.2) is 12.3 Å². The molecule has 0 aliphatic carbocycles. The Balaban J connectivity index is 1.87. The summed E-state index contributed by atoms with van der Waals surface area (Å²) in [6.45, 7) is 6.46. The van der Waals surface area contributed by atoms with Gasteiger partial charge in [-0.2, -0.15) is 0 Å². The number of rotatable bonds is 7. The van der Waals surface area contributed by atoms with Crippen LogP contribution in [0.5, 0.6) is 11.5 Å². The Morgan fingerprint density at radius 1 is 1.24 bits per heavy atom. The van der Waals surface area contributed by atoms with E-state index in [0.29, 0.717) is 12.6 Å². The van der Waals surface area contributed by atoms with Crippen LogP contribution >= 0.6 is 0 Å². The first-order valence-electron chi connectivity index (χ1n) is 7.76. The predicted molar refractivity (Wildman–Crippen MR) is 83.9 cm³/mol. The number of ether oxygens (including phenoxy) is 2. The van der Waals surface area contributed by atoms with Crippen LogP contribution < -0.4 is 14.8 Å². The minimum absolute atomic E-state index is 0.431. The first-order valence-corrected chi connectivity index (χ1v) is 7.76. The molecule has 21 heavy (non-hydrogen) atoms. The molecule has 1 aromatic heterocycles. The third kappa shape index (κ3) is 4.58. The number of methoxy groups -OCH3 is 2. The van der Waals surface area contributed by atoms with Gasteiger partial charge in [0, 0.05) is 31.4 Å². The van der Waals surface area contributed by atoms with E-state index in [0.717, 1.165) is 23.7 Å². The van der Waals surface area contributed by atoms with E-state index in [1.54, 1.807) is 20.4 Å². The van der Waals surface area contributed by atoms with Gasteiger partial charge in [-0.1, -0.05) is 6.42 Å². The van der Waals surface area contributed by atoms with Crippen molar-refractivity contribution in [1.82, 2.24) is 15.2 Å². The maximum absolute atomic E-state index is 5.41. The third-order valence-corrected chi connectivity index (χ3v) is 3.96. The largest absolute Gasteiger partial charge is 0.493 e. The zero-order valence-electron chi connectivity index (χ0n) is 13.4. The highest BCUT2D eigenvalue weighted by atomic mass is 16.5. The van der Waals surface area contributed by atoms with Crippen molar-refractivity contribution in [2.24, 2.45) is 0 Å². The average Bonchev–Trinajstić information content (AvgIpc) is 2.53. The molecule has 0 spiro atoms. The van der Waals surface area contributed by atoms with Crippen LogP contribution in [0.2, 0.25) is 0 Å². The van der Waals surface area contributed by atoms with Gasteiger partial charge in [0.2, 0.25) is 0 Å². The first kappa shape index (κ1) is 16.0. The van der Waals surface area contributed by atoms with E-state index in [4.69, 9.17) is 9.47 Å². The molecule has 1 fully saturated rings. The number of pyridine rings is 1. The van der Waals surface area contributed by atoms with Gasteiger partial charge in [0.25, 0.3) is 0 Å². The zero-order chi connectivity index (χ0) is 15.1. The Kier molecular flexibility index (Phi) is 6.26. The molecule has 1 aliphatic rings. The normalized spacial score (nSPS) is 17.5. The van der Waals surface area contributed by atoms with E-state index in [1.165, 1.54) is 32.4 Å². The molecule has 0 bridgehead atoms. The van der Waals surface area contributed by atoms with E-state index in [2.05, 4.69) is 22.1 Å². The van der Waals surface area contributed by atoms with Gasteiger partial charge in [-0.05, 0) is 32.9 Å². The van der Waals surface area contributed by atoms with Crippen LogP contribution in [-0.4, -0.2) is 49.8 Å². The topological polar surface area (TPSA) is 46.6 Å². The number of likely N-dealkylation sites (tertiary alicyclic amines) is 1. The average molecular weight is 293 g/mol. The summed E-state index contributed by atoms with van der Waals surface area (Å²) in [4.78, 5) is 6.93. The van der Waals surface area contributed by atoms with E-state index in [9.17, 15) is 0 Å². The SMILES string of the molecule is COc1ccnc(CNC(C)CN2CCCCC2)c1OC. The van der Waals surface area contributed by atoms with Crippen molar-refractivity contribution >= 4 is 0 Å². The van der Waals surface area contributed by atoms with Crippen molar-refractivity contribution < 1.29 is 9.47 Å². The van der Waals surface area contributed by atoms with Crippen molar-refractivity contribution in [2.75, 3.05) is 33.9 Å².